The predicted octanol–water partition coefficient (Wildman–Crippen LogP) is 3.02. The van der Waals surface area contributed by atoms with Crippen LogP contribution in [-0.4, -0.2) is 17.1 Å². The van der Waals surface area contributed by atoms with Crippen molar-refractivity contribution in [3.63, 3.8) is 0 Å². The van der Waals surface area contributed by atoms with E-state index in [4.69, 9.17) is 15.7 Å². The topological polar surface area (TPSA) is 67.8 Å². The molecule has 1 saturated carbocycles. The van der Waals surface area contributed by atoms with Gasteiger partial charge < -0.3 is 15.7 Å². The van der Waals surface area contributed by atoms with Gasteiger partial charge in [0.15, 0.2) is 5.84 Å². The standard InChI is InChI=1S/C15H21FN2O2/c1-10-4-2-6-12(8-10)20-9-11-5-3-7-13(14(11)16)15(17)18-19/h3,5,7,10,12,19H,2,4,6,8-9H2,1H3,(H2,17,18). The summed E-state index contributed by atoms with van der Waals surface area (Å²) >= 11 is 0. The maximum absolute atomic E-state index is 14.2. The fourth-order valence-electron chi connectivity index (χ4n) is 2.68. The first-order valence-corrected chi connectivity index (χ1v) is 6.98. The molecule has 20 heavy (non-hydrogen) atoms. The molecule has 2 unspecified atom stereocenters. The van der Waals surface area contributed by atoms with Gasteiger partial charge in [-0.1, -0.05) is 37.1 Å². The zero-order valence-corrected chi connectivity index (χ0v) is 11.7. The SMILES string of the molecule is CC1CCCC(OCc2cccc(/C(N)=N/O)c2F)C1. The van der Waals surface area contributed by atoms with Gasteiger partial charge in [0, 0.05) is 5.56 Å². The van der Waals surface area contributed by atoms with Gasteiger partial charge >= 0.3 is 0 Å². The van der Waals surface area contributed by atoms with E-state index >= 15 is 0 Å². The lowest BCUT2D eigenvalue weighted by Gasteiger charge is -2.26. The largest absolute Gasteiger partial charge is 0.409 e. The highest BCUT2D eigenvalue weighted by molar-refractivity contribution is 5.97. The second kappa shape index (κ2) is 6.70. The van der Waals surface area contributed by atoms with Gasteiger partial charge in [-0.3, -0.25) is 0 Å². The van der Waals surface area contributed by atoms with E-state index in [1.807, 2.05) is 0 Å². The molecule has 2 rings (SSSR count). The molecule has 0 saturated heterocycles. The highest BCUT2D eigenvalue weighted by atomic mass is 19.1. The van der Waals surface area contributed by atoms with Crippen molar-refractivity contribution in [1.29, 1.82) is 0 Å². The molecule has 0 aromatic heterocycles. The molecule has 0 aliphatic heterocycles. The fraction of sp³-hybridized carbons (Fsp3) is 0.533. The summed E-state index contributed by atoms with van der Waals surface area (Å²) in [6.07, 6.45) is 4.67. The highest BCUT2D eigenvalue weighted by Gasteiger charge is 2.20. The minimum atomic E-state index is -0.480. The number of hydrogen-bond acceptors (Lipinski definition) is 3. The van der Waals surface area contributed by atoms with Gasteiger partial charge in [-0.05, 0) is 24.8 Å². The monoisotopic (exact) mass is 280 g/mol. The van der Waals surface area contributed by atoms with Crippen LogP contribution in [0.2, 0.25) is 0 Å². The van der Waals surface area contributed by atoms with Crippen molar-refractivity contribution in [3.8, 4) is 0 Å². The Bertz CT molecular complexity index is 491. The van der Waals surface area contributed by atoms with E-state index in [1.165, 1.54) is 18.9 Å². The van der Waals surface area contributed by atoms with Crippen molar-refractivity contribution in [2.24, 2.45) is 16.8 Å². The van der Waals surface area contributed by atoms with Crippen LogP contribution in [0.3, 0.4) is 0 Å². The average Bonchev–Trinajstić information content (AvgIpc) is 2.45. The second-order valence-corrected chi connectivity index (χ2v) is 5.47. The van der Waals surface area contributed by atoms with Crippen LogP contribution in [0.1, 0.15) is 43.7 Å². The number of hydrogen-bond donors (Lipinski definition) is 2. The molecule has 1 aliphatic rings. The molecular formula is C15H21FN2O2. The zero-order chi connectivity index (χ0) is 14.5. The van der Waals surface area contributed by atoms with E-state index in [2.05, 4.69) is 12.1 Å². The lowest BCUT2D eigenvalue weighted by molar-refractivity contribution is 0.00352. The molecule has 5 heteroatoms. The number of oxime groups is 1. The van der Waals surface area contributed by atoms with Gasteiger partial charge in [0.1, 0.15) is 5.82 Å². The van der Waals surface area contributed by atoms with Gasteiger partial charge in [0.2, 0.25) is 0 Å². The number of halogens is 1. The summed E-state index contributed by atoms with van der Waals surface area (Å²) in [5, 5.41) is 11.5. The summed E-state index contributed by atoms with van der Waals surface area (Å²) in [5.41, 5.74) is 5.98. The Hall–Kier alpha value is -1.62. The number of rotatable bonds is 4. The Balaban J connectivity index is 2.03. The summed E-state index contributed by atoms with van der Waals surface area (Å²) in [6, 6.07) is 4.82. The van der Waals surface area contributed by atoms with E-state index in [0.29, 0.717) is 11.5 Å². The maximum Gasteiger partial charge on any atom is 0.173 e. The van der Waals surface area contributed by atoms with E-state index < -0.39 is 5.82 Å². The Morgan fingerprint density at radius 2 is 2.30 bits per heavy atom. The Kier molecular flexibility index (Phi) is 4.95. The van der Waals surface area contributed by atoms with Crippen molar-refractivity contribution < 1.29 is 14.3 Å². The molecule has 0 bridgehead atoms. The normalized spacial score (nSPS) is 23.8. The van der Waals surface area contributed by atoms with Gasteiger partial charge in [0.05, 0.1) is 18.3 Å². The summed E-state index contributed by atoms with van der Waals surface area (Å²) in [6.45, 7) is 2.44. The molecule has 0 spiro atoms. The molecular weight excluding hydrogens is 259 g/mol. The minimum absolute atomic E-state index is 0.102. The van der Waals surface area contributed by atoms with Gasteiger partial charge in [0.25, 0.3) is 0 Å². The van der Waals surface area contributed by atoms with E-state index in [0.717, 1.165) is 12.8 Å². The molecule has 1 aliphatic carbocycles. The van der Waals surface area contributed by atoms with Crippen molar-refractivity contribution in [3.05, 3.63) is 35.1 Å². The van der Waals surface area contributed by atoms with Crippen LogP contribution in [0.15, 0.2) is 23.4 Å². The van der Waals surface area contributed by atoms with Gasteiger partial charge in [-0.15, -0.1) is 0 Å². The third-order valence-corrected chi connectivity index (χ3v) is 3.83. The molecule has 3 N–H and O–H groups in total. The van der Waals surface area contributed by atoms with Crippen LogP contribution in [0.25, 0.3) is 0 Å². The Morgan fingerprint density at radius 3 is 3.00 bits per heavy atom. The van der Waals surface area contributed by atoms with Crippen LogP contribution in [0, 0.1) is 11.7 Å². The highest BCUT2D eigenvalue weighted by Crippen LogP contribution is 2.26. The van der Waals surface area contributed by atoms with Crippen molar-refractivity contribution >= 4 is 5.84 Å². The Morgan fingerprint density at radius 1 is 1.50 bits per heavy atom. The van der Waals surface area contributed by atoms with Crippen molar-refractivity contribution in [1.82, 2.24) is 0 Å². The number of nitrogens with zero attached hydrogens (tertiary/aromatic N) is 1. The molecule has 0 amide bonds. The van der Waals surface area contributed by atoms with Gasteiger partial charge in [-0.2, -0.15) is 0 Å². The molecule has 0 radical (unpaired) electrons. The predicted molar refractivity (Wildman–Crippen MR) is 75.1 cm³/mol. The molecule has 110 valence electrons. The molecule has 1 fully saturated rings. The average molecular weight is 280 g/mol. The lowest BCUT2D eigenvalue weighted by Crippen LogP contribution is -2.22. The van der Waals surface area contributed by atoms with Gasteiger partial charge in [-0.25, -0.2) is 4.39 Å². The van der Waals surface area contributed by atoms with Crippen LogP contribution in [-0.2, 0) is 11.3 Å². The fourth-order valence-corrected chi connectivity index (χ4v) is 2.68. The third-order valence-electron chi connectivity index (χ3n) is 3.83. The maximum atomic E-state index is 14.2. The van der Waals surface area contributed by atoms with E-state index in [1.54, 1.807) is 12.1 Å². The molecule has 1 aromatic rings. The summed E-state index contributed by atoms with van der Waals surface area (Å²) in [7, 11) is 0. The number of nitrogens with two attached hydrogens (primary N) is 1. The molecule has 1 aromatic carbocycles. The quantitative estimate of drug-likeness (QED) is 0.385. The van der Waals surface area contributed by atoms with Crippen molar-refractivity contribution in [2.45, 2.75) is 45.3 Å². The Labute approximate surface area is 118 Å². The first-order valence-electron chi connectivity index (χ1n) is 6.98. The first-order chi connectivity index (χ1) is 9.61. The smallest absolute Gasteiger partial charge is 0.173 e. The van der Waals surface area contributed by atoms with E-state index in [9.17, 15) is 4.39 Å². The number of benzene rings is 1. The van der Waals surface area contributed by atoms with Crippen LogP contribution in [0.4, 0.5) is 4.39 Å². The van der Waals surface area contributed by atoms with Crippen LogP contribution >= 0.6 is 0 Å². The number of amidine groups is 1. The van der Waals surface area contributed by atoms with Crippen LogP contribution in [0.5, 0.6) is 0 Å². The summed E-state index contributed by atoms with van der Waals surface area (Å²) < 4.78 is 20.0. The third kappa shape index (κ3) is 3.48. The first kappa shape index (κ1) is 14.8. The molecule has 0 heterocycles. The molecule has 2 atom stereocenters. The minimum Gasteiger partial charge on any atom is -0.409 e. The summed E-state index contributed by atoms with van der Waals surface area (Å²) in [5.74, 6) is -0.0376. The zero-order valence-electron chi connectivity index (χ0n) is 11.7. The second-order valence-electron chi connectivity index (χ2n) is 5.47. The van der Waals surface area contributed by atoms with Crippen LogP contribution < -0.4 is 5.73 Å². The lowest BCUT2D eigenvalue weighted by atomic mass is 9.89. The molecule has 4 nitrogen and oxygen atoms in total. The number of ether oxygens (including phenoxy) is 1. The summed E-state index contributed by atoms with van der Waals surface area (Å²) in [4.78, 5) is 0. The van der Waals surface area contributed by atoms with Crippen molar-refractivity contribution in [2.75, 3.05) is 0 Å². The van der Waals surface area contributed by atoms with E-state index in [-0.39, 0.29) is 24.1 Å².